The first-order valence-corrected chi connectivity index (χ1v) is 14.6. The van der Waals surface area contributed by atoms with Gasteiger partial charge >= 0.3 is 6.18 Å². The number of amides is 1. The van der Waals surface area contributed by atoms with Crippen LogP contribution in [-0.4, -0.2) is 55.4 Å². The van der Waals surface area contributed by atoms with Crippen LogP contribution in [0.5, 0.6) is 0 Å². The molecule has 3 fully saturated rings. The maximum absolute atomic E-state index is 14.1. The molecule has 13 heteroatoms. The van der Waals surface area contributed by atoms with Crippen LogP contribution in [0.4, 0.5) is 23.2 Å². The highest BCUT2D eigenvalue weighted by atomic mass is 35.5. The van der Waals surface area contributed by atoms with Gasteiger partial charge in [0.1, 0.15) is 11.5 Å². The molecule has 3 aromatic rings. The second-order valence-electron chi connectivity index (χ2n) is 12.2. The number of halogens is 5. The number of imidazole rings is 1. The molecule has 0 spiro atoms. The summed E-state index contributed by atoms with van der Waals surface area (Å²) in [6, 6.07) is 3.78. The van der Waals surface area contributed by atoms with Gasteiger partial charge in [-0.3, -0.25) is 9.48 Å². The average molecular weight is 609 g/mol. The van der Waals surface area contributed by atoms with Gasteiger partial charge in [-0.05, 0) is 88.7 Å². The van der Waals surface area contributed by atoms with Gasteiger partial charge < -0.3 is 19.9 Å². The Balaban J connectivity index is 1.20. The van der Waals surface area contributed by atoms with E-state index in [0.29, 0.717) is 42.8 Å². The van der Waals surface area contributed by atoms with Crippen LogP contribution >= 0.6 is 11.6 Å². The lowest BCUT2D eigenvalue weighted by molar-refractivity contribution is -0.144. The van der Waals surface area contributed by atoms with Crippen molar-refractivity contribution in [2.45, 2.75) is 62.3 Å². The van der Waals surface area contributed by atoms with E-state index in [9.17, 15) is 27.5 Å². The van der Waals surface area contributed by atoms with Gasteiger partial charge in [0, 0.05) is 30.4 Å². The number of hydrogen-bond donors (Lipinski definition) is 2. The molecule has 1 aromatic carbocycles. The van der Waals surface area contributed by atoms with Gasteiger partial charge in [0.25, 0.3) is 5.91 Å². The highest BCUT2D eigenvalue weighted by Gasteiger charge is 2.54. The number of rotatable bonds is 5. The van der Waals surface area contributed by atoms with Crippen molar-refractivity contribution in [1.82, 2.24) is 24.2 Å². The van der Waals surface area contributed by atoms with Gasteiger partial charge in [0.2, 0.25) is 0 Å². The van der Waals surface area contributed by atoms with E-state index in [4.69, 9.17) is 11.6 Å². The van der Waals surface area contributed by atoms with Crippen LogP contribution in [-0.2, 0) is 18.8 Å². The van der Waals surface area contributed by atoms with Crippen LogP contribution in [0, 0.1) is 17.7 Å². The summed E-state index contributed by atoms with van der Waals surface area (Å²) in [5.74, 6) is -1.15. The third-order valence-corrected chi connectivity index (χ3v) is 9.64. The van der Waals surface area contributed by atoms with Gasteiger partial charge in [0.05, 0.1) is 28.7 Å². The zero-order valence-corrected chi connectivity index (χ0v) is 24.1. The smallest absolute Gasteiger partial charge is 0.385 e. The zero-order chi connectivity index (χ0) is 30.0. The van der Waals surface area contributed by atoms with Crippen LogP contribution in [0.2, 0.25) is 5.02 Å². The molecular formula is C29H33ClF4N6O2. The number of nitrogens with one attached hydrogen (secondary N) is 1. The summed E-state index contributed by atoms with van der Waals surface area (Å²) in [5.41, 5.74) is -1.45. The van der Waals surface area contributed by atoms with E-state index in [1.165, 1.54) is 29.1 Å². The summed E-state index contributed by atoms with van der Waals surface area (Å²) >= 11 is 5.86. The topological polar surface area (TPSA) is 88.2 Å². The lowest BCUT2D eigenvalue weighted by Gasteiger charge is -2.29. The molecule has 6 rings (SSSR count). The predicted octanol–water partition coefficient (Wildman–Crippen LogP) is 5.74. The lowest BCUT2D eigenvalue weighted by Crippen LogP contribution is -2.31. The Labute approximate surface area is 245 Å². The molecule has 2 aliphatic carbocycles. The molecule has 1 saturated heterocycles. The van der Waals surface area contributed by atoms with E-state index in [1.54, 1.807) is 17.9 Å². The maximum atomic E-state index is 14.1. The Morgan fingerprint density at radius 1 is 1.14 bits per heavy atom. The molecule has 0 bridgehead atoms. The van der Waals surface area contributed by atoms with E-state index in [0.717, 1.165) is 13.1 Å². The number of fused-ring (bicyclic) bond motifs is 1. The fourth-order valence-electron chi connectivity index (χ4n) is 7.28. The molecule has 3 heterocycles. The second-order valence-corrected chi connectivity index (χ2v) is 12.6. The fraction of sp³-hybridized carbons (Fsp3) is 0.552. The van der Waals surface area contributed by atoms with Crippen LogP contribution in [0.15, 0.2) is 30.7 Å². The number of anilines is 1. The summed E-state index contributed by atoms with van der Waals surface area (Å²) in [6.45, 7) is 1.56. The summed E-state index contributed by atoms with van der Waals surface area (Å²) in [4.78, 5) is 19.9. The van der Waals surface area contributed by atoms with Gasteiger partial charge in [-0.1, -0.05) is 11.6 Å². The van der Waals surface area contributed by atoms with E-state index in [2.05, 4.69) is 20.3 Å². The number of likely N-dealkylation sites (tertiary alicyclic amines) is 1. The van der Waals surface area contributed by atoms with Gasteiger partial charge in [0.15, 0.2) is 5.69 Å². The Morgan fingerprint density at radius 3 is 2.43 bits per heavy atom. The molecule has 42 heavy (non-hydrogen) atoms. The van der Waals surface area contributed by atoms with Crippen molar-refractivity contribution in [3.05, 3.63) is 64.2 Å². The third kappa shape index (κ3) is 5.33. The van der Waals surface area contributed by atoms with Gasteiger partial charge in [-0.2, -0.15) is 18.3 Å². The van der Waals surface area contributed by atoms with E-state index in [-0.39, 0.29) is 47.2 Å². The van der Waals surface area contributed by atoms with Gasteiger partial charge in [-0.15, -0.1) is 0 Å². The summed E-state index contributed by atoms with van der Waals surface area (Å²) in [7, 11) is 3.69. The molecule has 2 aromatic heterocycles. The Morgan fingerprint density at radius 2 is 1.81 bits per heavy atom. The summed E-state index contributed by atoms with van der Waals surface area (Å²) in [5, 5.41) is 18.3. The second kappa shape index (κ2) is 10.6. The third-order valence-electron chi connectivity index (χ3n) is 9.35. The number of aromatic nitrogens is 4. The van der Waals surface area contributed by atoms with E-state index < -0.39 is 29.2 Å². The highest BCUT2D eigenvalue weighted by molar-refractivity contribution is 6.31. The molecule has 2 saturated carbocycles. The van der Waals surface area contributed by atoms with Crippen molar-refractivity contribution in [2.24, 2.45) is 18.9 Å². The predicted molar refractivity (Wildman–Crippen MR) is 148 cm³/mol. The molecule has 2 unspecified atom stereocenters. The Kier molecular flexibility index (Phi) is 7.38. The number of alkyl halides is 3. The zero-order valence-electron chi connectivity index (χ0n) is 23.3. The number of hydrogen-bond acceptors (Lipinski definition) is 5. The standard InChI is InChI=1S/C29H33ClF4N6O2/c1-38-7-5-20(6-8-38)40-14-21(26(37-40)29(32,33)34)28(42)12-17-9-16(10-18(17)13-28)24-25(39(2)15-35-24)27(41)36-19-3-4-23(31)22(30)11-19/h3-4,11,14-18,20,42H,5-10,12-13H2,1-2H3,(H,36,41). The number of carbonyl (C=O) groups excluding carboxylic acids is 1. The first-order valence-electron chi connectivity index (χ1n) is 14.2. The molecule has 1 amide bonds. The normalized spacial score (nSPS) is 27.0. The minimum atomic E-state index is -4.67. The number of aryl methyl sites for hydroxylation is 1. The Hall–Kier alpha value is -2.96. The minimum absolute atomic E-state index is 0.0263. The van der Waals surface area contributed by atoms with Crippen molar-refractivity contribution in [3.8, 4) is 0 Å². The maximum Gasteiger partial charge on any atom is 0.435 e. The average Bonchev–Trinajstić information content (AvgIpc) is 3.68. The number of carbonyl (C=O) groups is 1. The number of benzene rings is 1. The molecule has 3 aliphatic rings. The first-order chi connectivity index (χ1) is 19.8. The molecule has 2 atom stereocenters. The molecule has 8 nitrogen and oxygen atoms in total. The molecule has 2 N–H and O–H groups in total. The number of aliphatic hydroxyl groups is 1. The van der Waals surface area contributed by atoms with Crippen LogP contribution in [0.25, 0.3) is 0 Å². The van der Waals surface area contributed by atoms with Crippen molar-refractivity contribution in [3.63, 3.8) is 0 Å². The molecule has 1 aliphatic heterocycles. The largest absolute Gasteiger partial charge is 0.435 e. The van der Waals surface area contributed by atoms with Gasteiger partial charge in [-0.25, -0.2) is 9.37 Å². The molecule has 226 valence electrons. The van der Waals surface area contributed by atoms with Crippen LogP contribution in [0.1, 0.15) is 77.9 Å². The molecule has 0 radical (unpaired) electrons. The van der Waals surface area contributed by atoms with Crippen molar-refractivity contribution < 1.29 is 27.5 Å². The first kappa shape index (κ1) is 29.1. The quantitative estimate of drug-likeness (QED) is 0.361. The van der Waals surface area contributed by atoms with Crippen molar-refractivity contribution in [1.29, 1.82) is 0 Å². The monoisotopic (exact) mass is 608 g/mol. The van der Waals surface area contributed by atoms with Crippen molar-refractivity contribution in [2.75, 3.05) is 25.5 Å². The summed E-state index contributed by atoms with van der Waals surface area (Å²) in [6.07, 6.45) is 1.29. The highest BCUT2D eigenvalue weighted by Crippen LogP contribution is 2.58. The van der Waals surface area contributed by atoms with E-state index in [1.807, 2.05) is 7.05 Å². The fourth-order valence-corrected chi connectivity index (χ4v) is 7.46. The van der Waals surface area contributed by atoms with Crippen molar-refractivity contribution >= 4 is 23.2 Å². The van der Waals surface area contributed by atoms with E-state index >= 15 is 0 Å². The summed E-state index contributed by atoms with van der Waals surface area (Å²) < 4.78 is 59.0. The Bertz CT molecular complexity index is 1480. The molecular weight excluding hydrogens is 576 g/mol. The van der Waals surface area contributed by atoms with Crippen LogP contribution in [0.3, 0.4) is 0 Å². The number of piperidine rings is 1. The SMILES string of the molecule is CN1CCC(n2cc(C3(O)CC4CC(c5ncn(C)c5C(=O)Nc5ccc(F)c(Cl)c5)CC4C3)c(C(F)(F)F)n2)CC1. The minimum Gasteiger partial charge on any atom is -0.385 e. The van der Waals surface area contributed by atoms with Crippen LogP contribution < -0.4 is 5.32 Å². The lowest BCUT2D eigenvalue weighted by atomic mass is 9.87. The number of nitrogens with zero attached hydrogens (tertiary/aromatic N) is 5.